The summed E-state index contributed by atoms with van der Waals surface area (Å²) in [4.78, 5) is 13.8. The molecule has 0 bridgehead atoms. The smallest absolute Gasteiger partial charge is 0.242 e. The molecule has 14 heavy (non-hydrogen) atoms. The van der Waals surface area contributed by atoms with Gasteiger partial charge in [0.25, 0.3) is 0 Å². The van der Waals surface area contributed by atoms with Crippen LogP contribution in [-0.2, 0) is 4.79 Å². The normalized spacial score (nSPS) is 20.3. The summed E-state index contributed by atoms with van der Waals surface area (Å²) in [6, 6.07) is 0. The summed E-state index contributed by atoms with van der Waals surface area (Å²) in [5.41, 5.74) is 5.40. The van der Waals surface area contributed by atoms with Crippen molar-refractivity contribution in [2.45, 2.75) is 45.6 Å². The predicted octanol–water partition coefficient (Wildman–Crippen LogP) is 1.37. The average molecular weight is 198 g/mol. The molecular formula is C11H22N2O. The van der Waals surface area contributed by atoms with Gasteiger partial charge in [0, 0.05) is 13.1 Å². The van der Waals surface area contributed by atoms with Crippen LogP contribution < -0.4 is 5.73 Å². The average Bonchev–Trinajstić information content (AvgIpc) is 2.92. The van der Waals surface area contributed by atoms with Gasteiger partial charge in [-0.2, -0.15) is 0 Å². The predicted molar refractivity (Wildman–Crippen MR) is 57.9 cm³/mol. The van der Waals surface area contributed by atoms with Gasteiger partial charge >= 0.3 is 0 Å². The summed E-state index contributed by atoms with van der Waals surface area (Å²) in [5.74, 6) is 0.724. The highest BCUT2D eigenvalue weighted by Gasteiger charge is 2.47. The number of hydrogen-bond donors (Lipinski definition) is 1. The molecule has 1 unspecified atom stereocenters. The van der Waals surface area contributed by atoms with Crippen LogP contribution in [0.25, 0.3) is 0 Å². The van der Waals surface area contributed by atoms with Crippen LogP contribution in [0.3, 0.4) is 0 Å². The fourth-order valence-corrected chi connectivity index (χ4v) is 1.52. The van der Waals surface area contributed by atoms with Crippen LogP contribution in [-0.4, -0.2) is 29.4 Å². The van der Waals surface area contributed by atoms with Gasteiger partial charge in [0.15, 0.2) is 0 Å². The van der Waals surface area contributed by atoms with E-state index in [1.807, 2.05) is 11.8 Å². The SMILES string of the molecule is CCC(C)CN(CC)C(=O)C1(N)CC1. The van der Waals surface area contributed by atoms with Crippen molar-refractivity contribution in [3.05, 3.63) is 0 Å². The second kappa shape index (κ2) is 4.30. The highest BCUT2D eigenvalue weighted by molar-refractivity contribution is 5.89. The lowest BCUT2D eigenvalue weighted by atomic mass is 10.1. The molecule has 2 N–H and O–H groups in total. The van der Waals surface area contributed by atoms with E-state index in [0.29, 0.717) is 5.92 Å². The quantitative estimate of drug-likeness (QED) is 0.725. The molecule has 1 amide bonds. The van der Waals surface area contributed by atoms with Crippen LogP contribution in [0.5, 0.6) is 0 Å². The van der Waals surface area contributed by atoms with Crippen molar-refractivity contribution in [1.82, 2.24) is 4.90 Å². The lowest BCUT2D eigenvalue weighted by Crippen LogP contribution is -2.47. The van der Waals surface area contributed by atoms with Crippen molar-refractivity contribution in [3.8, 4) is 0 Å². The minimum atomic E-state index is -0.497. The number of nitrogens with two attached hydrogens (primary N) is 1. The molecule has 0 aliphatic heterocycles. The first-order valence-electron chi connectivity index (χ1n) is 5.61. The molecule has 82 valence electrons. The van der Waals surface area contributed by atoms with Crippen molar-refractivity contribution in [1.29, 1.82) is 0 Å². The lowest BCUT2D eigenvalue weighted by Gasteiger charge is -2.26. The van der Waals surface area contributed by atoms with Gasteiger partial charge in [0.05, 0.1) is 5.54 Å². The van der Waals surface area contributed by atoms with Crippen molar-refractivity contribution in [2.75, 3.05) is 13.1 Å². The van der Waals surface area contributed by atoms with Gasteiger partial charge < -0.3 is 10.6 Å². The van der Waals surface area contributed by atoms with Gasteiger partial charge in [-0.05, 0) is 25.7 Å². The van der Waals surface area contributed by atoms with Gasteiger partial charge in [0.2, 0.25) is 5.91 Å². The van der Waals surface area contributed by atoms with Gasteiger partial charge in [-0.1, -0.05) is 20.3 Å². The number of carbonyl (C=O) groups is 1. The molecule has 0 aromatic rings. The first kappa shape index (κ1) is 11.5. The number of hydrogen-bond acceptors (Lipinski definition) is 2. The Morgan fingerprint density at radius 3 is 2.43 bits per heavy atom. The molecule has 0 heterocycles. The third-order valence-corrected chi connectivity index (χ3v) is 3.11. The van der Waals surface area contributed by atoms with E-state index in [2.05, 4.69) is 13.8 Å². The summed E-state index contributed by atoms with van der Waals surface area (Å²) in [7, 11) is 0. The maximum absolute atomic E-state index is 11.9. The maximum Gasteiger partial charge on any atom is 0.242 e. The largest absolute Gasteiger partial charge is 0.341 e. The molecule has 3 nitrogen and oxygen atoms in total. The molecular weight excluding hydrogens is 176 g/mol. The van der Waals surface area contributed by atoms with Crippen LogP contribution in [0.15, 0.2) is 0 Å². The Labute approximate surface area is 86.6 Å². The number of likely N-dealkylation sites (N-methyl/N-ethyl adjacent to an activating group) is 1. The second-order valence-electron chi connectivity index (χ2n) is 4.51. The fraction of sp³-hybridized carbons (Fsp3) is 0.909. The van der Waals surface area contributed by atoms with E-state index >= 15 is 0 Å². The van der Waals surface area contributed by atoms with Gasteiger partial charge in [0.1, 0.15) is 0 Å². The molecule has 1 fully saturated rings. The summed E-state index contributed by atoms with van der Waals surface area (Å²) >= 11 is 0. The molecule has 0 aromatic carbocycles. The minimum absolute atomic E-state index is 0.153. The monoisotopic (exact) mass is 198 g/mol. The standard InChI is InChI=1S/C11H22N2O/c1-4-9(3)8-13(5-2)10(14)11(12)6-7-11/h9H,4-8,12H2,1-3H3. The van der Waals surface area contributed by atoms with E-state index in [-0.39, 0.29) is 5.91 Å². The molecule has 3 heteroatoms. The zero-order chi connectivity index (χ0) is 10.8. The molecule has 0 spiro atoms. The van der Waals surface area contributed by atoms with Gasteiger partial charge in [-0.25, -0.2) is 0 Å². The van der Waals surface area contributed by atoms with Gasteiger partial charge in [-0.15, -0.1) is 0 Å². The number of rotatable bonds is 5. The van der Waals surface area contributed by atoms with E-state index in [9.17, 15) is 4.79 Å². The van der Waals surface area contributed by atoms with E-state index < -0.39 is 5.54 Å². The Kier molecular flexibility index (Phi) is 3.53. The molecule has 0 radical (unpaired) electrons. The fourth-order valence-electron chi connectivity index (χ4n) is 1.52. The molecule has 1 rings (SSSR count). The van der Waals surface area contributed by atoms with Crippen molar-refractivity contribution in [2.24, 2.45) is 11.7 Å². The molecule has 1 saturated carbocycles. The third-order valence-electron chi connectivity index (χ3n) is 3.11. The van der Waals surface area contributed by atoms with Crippen molar-refractivity contribution < 1.29 is 4.79 Å². The first-order valence-corrected chi connectivity index (χ1v) is 5.61. The van der Waals surface area contributed by atoms with Gasteiger partial charge in [-0.3, -0.25) is 4.79 Å². The molecule has 0 aromatic heterocycles. The van der Waals surface area contributed by atoms with E-state index in [1.54, 1.807) is 0 Å². The molecule has 1 aliphatic carbocycles. The van der Waals surface area contributed by atoms with Crippen LogP contribution >= 0.6 is 0 Å². The Hall–Kier alpha value is -0.570. The molecule has 0 saturated heterocycles. The third kappa shape index (κ3) is 2.47. The van der Waals surface area contributed by atoms with Crippen LogP contribution in [0.2, 0.25) is 0 Å². The second-order valence-corrected chi connectivity index (χ2v) is 4.51. The lowest BCUT2D eigenvalue weighted by molar-refractivity contribution is -0.134. The summed E-state index contributed by atoms with van der Waals surface area (Å²) in [5, 5.41) is 0. The van der Waals surface area contributed by atoms with Crippen LogP contribution in [0.1, 0.15) is 40.0 Å². The summed E-state index contributed by atoms with van der Waals surface area (Å²) < 4.78 is 0. The number of carbonyl (C=O) groups excluding carboxylic acids is 1. The zero-order valence-electron chi connectivity index (χ0n) is 9.55. The molecule has 1 atom stereocenters. The van der Waals surface area contributed by atoms with E-state index in [4.69, 9.17) is 5.73 Å². The topological polar surface area (TPSA) is 46.3 Å². The van der Waals surface area contributed by atoms with E-state index in [0.717, 1.165) is 32.4 Å². The number of amides is 1. The van der Waals surface area contributed by atoms with Crippen LogP contribution in [0.4, 0.5) is 0 Å². The summed E-state index contributed by atoms with van der Waals surface area (Å²) in [6.07, 6.45) is 2.84. The Morgan fingerprint density at radius 1 is 1.50 bits per heavy atom. The first-order chi connectivity index (χ1) is 6.53. The zero-order valence-corrected chi connectivity index (χ0v) is 9.55. The van der Waals surface area contributed by atoms with E-state index in [1.165, 1.54) is 0 Å². The summed E-state index contributed by atoms with van der Waals surface area (Å²) in [6.45, 7) is 7.98. The highest BCUT2D eigenvalue weighted by atomic mass is 16.2. The maximum atomic E-state index is 11.9. The Bertz CT molecular complexity index is 211. The number of nitrogens with zero attached hydrogens (tertiary/aromatic N) is 1. The van der Waals surface area contributed by atoms with Crippen LogP contribution in [0, 0.1) is 5.92 Å². The minimum Gasteiger partial charge on any atom is -0.341 e. The Balaban J connectivity index is 2.49. The highest BCUT2D eigenvalue weighted by Crippen LogP contribution is 2.34. The van der Waals surface area contributed by atoms with Crippen molar-refractivity contribution in [3.63, 3.8) is 0 Å². The van der Waals surface area contributed by atoms with Crippen molar-refractivity contribution >= 4 is 5.91 Å². The Morgan fingerprint density at radius 2 is 2.07 bits per heavy atom. The molecule has 1 aliphatic rings.